The lowest BCUT2D eigenvalue weighted by Crippen LogP contribution is -2.55. The smallest absolute Gasteiger partial charge is 0.317 e. The van der Waals surface area contributed by atoms with Crippen LogP contribution in [-0.2, 0) is 6.42 Å². The van der Waals surface area contributed by atoms with E-state index in [-0.39, 0.29) is 12.1 Å². The van der Waals surface area contributed by atoms with E-state index < -0.39 is 0 Å². The number of rotatable bonds is 5. The van der Waals surface area contributed by atoms with Crippen LogP contribution in [0.3, 0.4) is 0 Å². The van der Waals surface area contributed by atoms with Crippen LogP contribution in [0.5, 0.6) is 0 Å². The van der Waals surface area contributed by atoms with E-state index in [1.165, 1.54) is 5.56 Å². The lowest BCUT2D eigenvalue weighted by Gasteiger charge is -2.46. The Labute approximate surface area is 135 Å². The number of likely N-dealkylation sites (tertiary alicyclic amines) is 1. The predicted octanol–water partition coefficient (Wildman–Crippen LogP) is 2.71. The number of nitrogens with one attached hydrogen (secondary N) is 1. The summed E-state index contributed by atoms with van der Waals surface area (Å²) in [6.45, 7) is 5.38. The summed E-state index contributed by atoms with van der Waals surface area (Å²) in [4.78, 5) is 18.4. The van der Waals surface area contributed by atoms with Crippen molar-refractivity contribution >= 4 is 6.03 Å². The van der Waals surface area contributed by atoms with E-state index >= 15 is 0 Å². The van der Waals surface area contributed by atoms with E-state index in [0.29, 0.717) is 30.6 Å². The zero-order chi connectivity index (χ0) is 16.2. The Morgan fingerprint density at radius 1 is 1.39 bits per heavy atom. The first-order valence-corrected chi connectivity index (χ1v) is 8.04. The van der Waals surface area contributed by atoms with Gasteiger partial charge >= 0.3 is 6.03 Å². The van der Waals surface area contributed by atoms with Crippen LogP contribution in [0.4, 0.5) is 4.79 Å². The number of hydrogen-bond acceptors (Lipinski definition) is 4. The lowest BCUT2D eigenvalue weighted by atomic mass is 9.85. The number of benzene rings is 1. The van der Waals surface area contributed by atoms with Gasteiger partial charge in [-0.3, -0.25) is 0 Å². The highest BCUT2D eigenvalue weighted by atomic mass is 16.5. The Hall–Kier alpha value is -2.37. The molecule has 2 atom stereocenters. The summed E-state index contributed by atoms with van der Waals surface area (Å²) >= 11 is 0. The molecule has 1 saturated heterocycles. The third-order valence-electron chi connectivity index (χ3n) is 4.17. The third-order valence-corrected chi connectivity index (χ3v) is 4.17. The van der Waals surface area contributed by atoms with Crippen LogP contribution in [0.25, 0.3) is 0 Å². The highest BCUT2D eigenvalue weighted by Gasteiger charge is 2.39. The van der Waals surface area contributed by atoms with E-state index in [1.807, 2.05) is 23.1 Å². The number of amides is 2. The Morgan fingerprint density at radius 2 is 2.17 bits per heavy atom. The van der Waals surface area contributed by atoms with Gasteiger partial charge in [-0.05, 0) is 24.8 Å². The Bertz CT molecular complexity index is 656. The molecule has 1 aromatic carbocycles. The molecule has 6 heteroatoms. The second kappa shape index (κ2) is 6.81. The highest BCUT2D eigenvalue weighted by Crippen LogP contribution is 2.38. The van der Waals surface area contributed by atoms with Crippen LogP contribution < -0.4 is 5.32 Å². The van der Waals surface area contributed by atoms with Gasteiger partial charge in [0.1, 0.15) is 0 Å². The Balaban J connectivity index is 1.46. The van der Waals surface area contributed by atoms with Crippen molar-refractivity contribution in [3.05, 3.63) is 47.6 Å². The van der Waals surface area contributed by atoms with Crippen molar-refractivity contribution in [3.63, 3.8) is 0 Å². The maximum absolute atomic E-state index is 12.3. The van der Waals surface area contributed by atoms with Crippen molar-refractivity contribution in [2.45, 2.75) is 32.7 Å². The Kier molecular flexibility index (Phi) is 4.60. The zero-order valence-corrected chi connectivity index (χ0v) is 13.5. The number of urea groups is 1. The number of nitrogens with zero attached hydrogens (tertiary/aromatic N) is 3. The first-order valence-electron chi connectivity index (χ1n) is 8.04. The fraction of sp³-hybridized carbons (Fsp3) is 0.471. The number of aromatic nitrogens is 2. The van der Waals surface area contributed by atoms with Gasteiger partial charge in [0, 0.05) is 19.5 Å². The molecule has 1 aliphatic rings. The normalized spacial score (nSPS) is 20.2. The SMILES string of the molecule is Cc1noc(CCCNC(=O)N2C[C@H](C)[C@H]2c2ccccc2)n1. The van der Waals surface area contributed by atoms with Crippen LogP contribution in [-0.4, -0.2) is 34.2 Å². The van der Waals surface area contributed by atoms with Crippen LogP contribution in [0.2, 0.25) is 0 Å². The van der Waals surface area contributed by atoms with E-state index in [4.69, 9.17) is 4.52 Å². The van der Waals surface area contributed by atoms with Crippen molar-refractivity contribution in [2.24, 2.45) is 5.92 Å². The van der Waals surface area contributed by atoms with Gasteiger partial charge in [0.05, 0.1) is 6.04 Å². The molecule has 2 aromatic rings. The quantitative estimate of drug-likeness (QED) is 0.861. The molecule has 6 nitrogen and oxygen atoms in total. The Morgan fingerprint density at radius 3 is 2.83 bits per heavy atom. The van der Waals surface area contributed by atoms with Crippen molar-refractivity contribution in [1.29, 1.82) is 0 Å². The van der Waals surface area contributed by atoms with Gasteiger partial charge in [-0.1, -0.05) is 42.4 Å². The van der Waals surface area contributed by atoms with Gasteiger partial charge in [0.15, 0.2) is 5.82 Å². The molecule has 2 amide bonds. The minimum Gasteiger partial charge on any atom is -0.339 e. The molecular formula is C17H22N4O2. The van der Waals surface area contributed by atoms with Crippen molar-refractivity contribution in [2.75, 3.05) is 13.1 Å². The summed E-state index contributed by atoms with van der Waals surface area (Å²) in [5.41, 5.74) is 1.20. The fourth-order valence-corrected chi connectivity index (χ4v) is 3.04. The molecule has 0 aliphatic carbocycles. The van der Waals surface area contributed by atoms with Crippen LogP contribution in [0, 0.1) is 12.8 Å². The van der Waals surface area contributed by atoms with Crippen molar-refractivity contribution in [3.8, 4) is 0 Å². The van der Waals surface area contributed by atoms with E-state index in [1.54, 1.807) is 6.92 Å². The van der Waals surface area contributed by atoms with Crippen molar-refractivity contribution in [1.82, 2.24) is 20.4 Å². The molecule has 1 aromatic heterocycles. The lowest BCUT2D eigenvalue weighted by molar-refractivity contribution is 0.0593. The number of aryl methyl sites for hydroxylation is 2. The van der Waals surface area contributed by atoms with Gasteiger partial charge in [-0.25, -0.2) is 4.79 Å². The predicted molar refractivity (Wildman–Crippen MR) is 85.8 cm³/mol. The number of carbonyl (C=O) groups excluding carboxylic acids is 1. The molecular weight excluding hydrogens is 292 g/mol. The summed E-state index contributed by atoms with van der Waals surface area (Å²) in [6.07, 6.45) is 1.46. The first-order chi connectivity index (χ1) is 11.1. The summed E-state index contributed by atoms with van der Waals surface area (Å²) in [6, 6.07) is 10.4. The van der Waals surface area contributed by atoms with Gasteiger partial charge < -0.3 is 14.7 Å². The maximum atomic E-state index is 12.3. The fourth-order valence-electron chi connectivity index (χ4n) is 3.04. The second-order valence-electron chi connectivity index (χ2n) is 6.06. The highest BCUT2D eigenvalue weighted by molar-refractivity contribution is 5.75. The minimum atomic E-state index is -0.00124. The average molecular weight is 314 g/mol. The molecule has 23 heavy (non-hydrogen) atoms. The van der Waals surface area contributed by atoms with E-state index in [0.717, 1.165) is 13.0 Å². The molecule has 0 spiro atoms. The van der Waals surface area contributed by atoms with Gasteiger partial charge in [0.2, 0.25) is 5.89 Å². The third kappa shape index (κ3) is 3.52. The number of carbonyl (C=O) groups is 1. The van der Waals surface area contributed by atoms with Gasteiger partial charge in [-0.15, -0.1) is 0 Å². The monoisotopic (exact) mass is 314 g/mol. The molecule has 0 unspecified atom stereocenters. The molecule has 1 N–H and O–H groups in total. The summed E-state index contributed by atoms with van der Waals surface area (Å²) in [7, 11) is 0. The topological polar surface area (TPSA) is 71.3 Å². The zero-order valence-electron chi connectivity index (χ0n) is 13.5. The van der Waals surface area contributed by atoms with Crippen molar-refractivity contribution < 1.29 is 9.32 Å². The van der Waals surface area contributed by atoms with E-state index in [2.05, 4.69) is 34.5 Å². The summed E-state index contributed by atoms with van der Waals surface area (Å²) in [5.74, 6) is 1.75. The first kappa shape index (κ1) is 15.5. The van der Waals surface area contributed by atoms with Crippen LogP contribution in [0.15, 0.2) is 34.9 Å². The average Bonchev–Trinajstić information content (AvgIpc) is 2.95. The van der Waals surface area contributed by atoms with E-state index in [9.17, 15) is 4.79 Å². The molecule has 1 aliphatic heterocycles. The standard InChI is InChI=1S/C17H22N4O2/c1-12-11-21(16(12)14-7-4-3-5-8-14)17(22)18-10-6-9-15-19-13(2)20-23-15/h3-5,7-8,12,16H,6,9-11H2,1-2H3,(H,18,22)/t12-,16-/m0/s1. The van der Waals surface area contributed by atoms with Gasteiger partial charge in [0.25, 0.3) is 0 Å². The minimum absolute atomic E-state index is 0.00124. The number of hydrogen-bond donors (Lipinski definition) is 1. The molecule has 3 rings (SSSR count). The van der Waals surface area contributed by atoms with Gasteiger partial charge in [-0.2, -0.15) is 4.98 Å². The van der Waals surface area contributed by atoms with Crippen LogP contribution in [0.1, 0.15) is 36.7 Å². The van der Waals surface area contributed by atoms with Crippen LogP contribution >= 0.6 is 0 Å². The molecule has 1 fully saturated rings. The molecule has 0 bridgehead atoms. The maximum Gasteiger partial charge on any atom is 0.317 e. The molecule has 122 valence electrons. The summed E-state index contributed by atoms with van der Waals surface area (Å²) < 4.78 is 5.06. The molecule has 0 radical (unpaired) electrons. The molecule has 2 heterocycles. The summed E-state index contributed by atoms with van der Waals surface area (Å²) in [5, 5.41) is 6.73. The largest absolute Gasteiger partial charge is 0.339 e. The second-order valence-corrected chi connectivity index (χ2v) is 6.06. The molecule has 0 saturated carbocycles.